The summed E-state index contributed by atoms with van der Waals surface area (Å²) in [4.78, 5) is 11.8. The number of hydrogen-bond donors (Lipinski definition) is 2. The molecule has 0 radical (unpaired) electrons. The Morgan fingerprint density at radius 3 is 2.75 bits per heavy atom. The maximum atomic E-state index is 11.8. The number of aliphatic hydroxyl groups is 1. The predicted octanol–water partition coefficient (Wildman–Crippen LogP) is 1.62. The summed E-state index contributed by atoms with van der Waals surface area (Å²) in [5.41, 5.74) is -0.708. The van der Waals surface area contributed by atoms with Gasteiger partial charge in [-0.15, -0.1) is 0 Å². The fraction of sp³-hybridized carbons (Fsp3) is 0.769. The molecule has 0 aromatic heterocycles. The molecule has 0 saturated heterocycles. The molecule has 1 fully saturated rings. The second kappa shape index (κ2) is 4.58. The summed E-state index contributed by atoms with van der Waals surface area (Å²) in [5, 5.41) is 13.0. The van der Waals surface area contributed by atoms with E-state index < -0.39 is 5.60 Å². The van der Waals surface area contributed by atoms with Crippen LogP contribution in [0.3, 0.4) is 0 Å². The standard InChI is InChI=1S/C13H21NO2/c1-13(16,11-7-8-11)9-14-12(15)10-5-3-2-4-6-10/h2-3,10-11,16H,4-9H2,1H3,(H,14,15)/t10-,13-/m0/s1. The minimum atomic E-state index is -0.708. The van der Waals surface area contributed by atoms with E-state index in [0.717, 1.165) is 32.1 Å². The maximum Gasteiger partial charge on any atom is 0.223 e. The summed E-state index contributed by atoms with van der Waals surface area (Å²) in [7, 11) is 0. The van der Waals surface area contributed by atoms with Crippen molar-refractivity contribution >= 4 is 5.91 Å². The van der Waals surface area contributed by atoms with Gasteiger partial charge in [0.1, 0.15) is 0 Å². The van der Waals surface area contributed by atoms with Crippen molar-refractivity contribution in [1.29, 1.82) is 0 Å². The number of rotatable bonds is 4. The van der Waals surface area contributed by atoms with Crippen LogP contribution in [0, 0.1) is 11.8 Å². The molecular formula is C13H21NO2. The minimum Gasteiger partial charge on any atom is -0.388 e. The molecule has 3 nitrogen and oxygen atoms in total. The number of hydrogen-bond acceptors (Lipinski definition) is 2. The second-order valence-corrected chi connectivity index (χ2v) is 5.33. The fourth-order valence-corrected chi connectivity index (χ4v) is 2.29. The first-order valence-corrected chi connectivity index (χ1v) is 6.25. The number of carbonyl (C=O) groups excluding carboxylic acids is 1. The maximum absolute atomic E-state index is 11.8. The van der Waals surface area contributed by atoms with E-state index >= 15 is 0 Å². The quantitative estimate of drug-likeness (QED) is 0.711. The Morgan fingerprint density at radius 1 is 1.44 bits per heavy atom. The van der Waals surface area contributed by atoms with Gasteiger partial charge in [-0.3, -0.25) is 4.79 Å². The molecule has 1 saturated carbocycles. The van der Waals surface area contributed by atoms with Crippen LogP contribution in [0.2, 0.25) is 0 Å². The van der Waals surface area contributed by atoms with Crippen molar-refractivity contribution in [2.75, 3.05) is 6.54 Å². The Hall–Kier alpha value is -0.830. The molecule has 90 valence electrons. The topological polar surface area (TPSA) is 49.3 Å². The van der Waals surface area contributed by atoms with Crippen LogP contribution in [-0.4, -0.2) is 23.2 Å². The molecule has 0 aromatic rings. The predicted molar refractivity (Wildman–Crippen MR) is 62.8 cm³/mol. The Labute approximate surface area is 96.9 Å². The molecule has 2 N–H and O–H groups in total. The van der Waals surface area contributed by atoms with Crippen molar-refractivity contribution in [3.63, 3.8) is 0 Å². The highest BCUT2D eigenvalue weighted by molar-refractivity contribution is 5.79. The summed E-state index contributed by atoms with van der Waals surface area (Å²) in [6, 6.07) is 0. The SMILES string of the molecule is C[C@](O)(CNC(=O)[C@H]1CC=CCC1)C1CC1. The Morgan fingerprint density at radius 2 is 2.19 bits per heavy atom. The van der Waals surface area contributed by atoms with Gasteiger partial charge < -0.3 is 10.4 Å². The zero-order valence-corrected chi connectivity index (χ0v) is 9.91. The van der Waals surface area contributed by atoms with Crippen LogP contribution >= 0.6 is 0 Å². The van der Waals surface area contributed by atoms with E-state index in [9.17, 15) is 9.90 Å². The molecule has 0 spiro atoms. The van der Waals surface area contributed by atoms with E-state index in [1.54, 1.807) is 0 Å². The molecule has 0 unspecified atom stereocenters. The Kier molecular flexibility index (Phi) is 3.33. The lowest BCUT2D eigenvalue weighted by Crippen LogP contribution is -2.44. The van der Waals surface area contributed by atoms with E-state index in [-0.39, 0.29) is 11.8 Å². The van der Waals surface area contributed by atoms with Gasteiger partial charge in [-0.1, -0.05) is 12.2 Å². The zero-order chi connectivity index (χ0) is 11.6. The molecule has 2 atom stereocenters. The van der Waals surface area contributed by atoms with E-state index in [1.165, 1.54) is 0 Å². The lowest BCUT2D eigenvalue weighted by molar-refractivity contribution is -0.126. The molecule has 0 aromatic carbocycles. The molecule has 16 heavy (non-hydrogen) atoms. The highest BCUT2D eigenvalue weighted by Gasteiger charge is 2.40. The van der Waals surface area contributed by atoms with Crippen molar-refractivity contribution in [3.8, 4) is 0 Å². The molecule has 2 rings (SSSR count). The van der Waals surface area contributed by atoms with Gasteiger partial charge in [0.15, 0.2) is 0 Å². The fourth-order valence-electron chi connectivity index (χ4n) is 2.29. The number of carbonyl (C=O) groups is 1. The van der Waals surface area contributed by atoms with Crippen LogP contribution in [0.4, 0.5) is 0 Å². The molecule has 3 heteroatoms. The smallest absolute Gasteiger partial charge is 0.223 e. The van der Waals surface area contributed by atoms with E-state index in [0.29, 0.717) is 12.5 Å². The molecule has 0 heterocycles. The third-order valence-corrected chi connectivity index (χ3v) is 3.72. The number of amides is 1. The first-order valence-electron chi connectivity index (χ1n) is 6.25. The van der Waals surface area contributed by atoms with Crippen LogP contribution in [0.25, 0.3) is 0 Å². The summed E-state index contributed by atoms with van der Waals surface area (Å²) in [6.45, 7) is 2.22. The van der Waals surface area contributed by atoms with E-state index in [1.807, 2.05) is 6.92 Å². The van der Waals surface area contributed by atoms with E-state index in [2.05, 4.69) is 17.5 Å². The van der Waals surface area contributed by atoms with Crippen LogP contribution in [0.15, 0.2) is 12.2 Å². The lowest BCUT2D eigenvalue weighted by Gasteiger charge is -2.25. The van der Waals surface area contributed by atoms with Crippen molar-refractivity contribution in [2.24, 2.45) is 11.8 Å². The lowest BCUT2D eigenvalue weighted by atomic mass is 9.93. The van der Waals surface area contributed by atoms with Gasteiger partial charge in [0.2, 0.25) is 5.91 Å². The van der Waals surface area contributed by atoms with Crippen molar-refractivity contribution < 1.29 is 9.90 Å². The first-order chi connectivity index (χ1) is 7.59. The molecule has 2 aliphatic rings. The number of allylic oxidation sites excluding steroid dienone is 2. The van der Waals surface area contributed by atoms with Crippen LogP contribution < -0.4 is 5.32 Å². The molecule has 0 aliphatic heterocycles. The third-order valence-electron chi connectivity index (χ3n) is 3.72. The summed E-state index contributed by atoms with van der Waals surface area (Å²) in [5.74, 6) is 0.601. The average molecular weight is 223 g/mol. The second-order valence-electron chi connectivity index (χ2n) is 5.33. The number of nitrogens with one attached hydrogen (secondary N) is 1. The van der Waals surface area contributed by atoms with Gasteiger partial charge in [0, 0.05) is 12.5 Å². The van der Waals surface area contributed by atoms with Gasteiger partial charge >= 0.3 is 0 Å². The average Bonchev–Trinajstić information content (AvgIpc) is 3.11. The molecule has 0 bridgehead atoms. The van der Waals surface area contributed by atoms with E-state index in [4.69, 9.17) is 0 Å². The van der Waals surface area contributed by atoms with Crippen molar-refractivity contribution in [2.45, 2.75) is 44.6 Å². The minimum absolute atomic E-state index is 0.102. The Bertz CT molecular complexity index is 292. The summed E-state index contributed by atoms with van der Waals surface area (Å²) >= 11 is 0. The molecule has 1 amide bonds. The normalized spacial score (nSPS) is 28.5. The van der Waals surface area contributed by atoms with Gasteiger partial charge in [-0.2, -0.15) is 0 Å². The highest BCUT2D eigenvalue weighted by Crippen LogP contribution is 2.39. The highest BCUT2D eigenvalue weighted by atomic mass is 16.3. The summed E-state index contributed by atoms with van der Waals surface area (Å²) < 4.78 is 0. The van der Waals surface area contributed by atoms with Crippen molar-refractivity contribution in [3.05, 3.63) is 12.2 Å². The van der Waals surface area contributed by atoms with Gasteiger partial charge in [0.25, 0.3) is 0 Å². The van der Waals surface area contributed by atoms with Gasteiger partial charge in [0.05, 0.1) is 5.60 Å². The third kappa shape index (κ3) is 2.85. The van der Waals surface area contributed by atoms with Crippen LogP contribution in [-0.2, 0) is 4.79 Å². The largest absolute Gasteiger partial charge is 0.388 e. The van der Waals surface area contributed by atoms with Crippen LogP contribution in [0.5, 0.6) is 0 Å². The summed E-state index contributed by atoms with van der Waals surface area (Å²) in [6.07, 6.45) is 9.17. The molecule has 2 aliphatic carbocycles. The first kappa shape index (κ1) is 11.6. The Balaban J connectivity index is 1.76. The van der Waals surface area contributed by atoms with Crippen molar-refractivity contribution in [1.82, 2.24) is 5.32 Å². The van der Waals surface area contributed by atoms with Gasteiger partial charge in [-0.05, 0) is 44.9 Å². The van der Waals surface area contributed by atoms with Gasteiger partial charge in [-0.25, -0.2) is 0 Å². The zero-order valence-electron chi connectivity index (χ0n) is 9.91. The monoisotopic (exact) mass is 223 g/mol. The molecular weight excluding hydrogens is 202 g/mol. The van der Waals surface area contributed by atoms with Crippen LogP contribution in [0.1, 0.15) is 39.0 Å².